The molecule has 224 valence electrons. The van der Waals surface area contributed by atoms with Crippen LogP contribution in [-0.4, -0.2) is 53.2 Å². The van der Waals surface area contributed by atoms with Crippen molar-refractivity contribution >= 4 is 6.08 Å². The van der Waals surface area contributed by atoms with Crippen molar-refractivity contribution in [2.45, 2.75) is 56.8 Å². The molecule has 1 N–H and O–H groups in total. The highest BCUT2D eigenvalue weighted by Crippen LogP contribution is 2.36. The molecule has 6 heteroatoms. The number of nitrogens with one attached hydrogen (secondary N) is 1. The summed E-state index contributed by atoms with van der Waals surface area (Å²) in [6.07, 6.45) is 8.83. The van der Waals surface area contributed by atoms with Crippen molar-refractivity contribution in [1.29, 1.82) is 0 Å². The standard InChI is InChI=1S/C36H45NO5/c1-38-21-6-10-27-15-18-33-29(9-5-11-32(27)33)26-42-36-24-37-20-19-34(36)28-13-16-31(17-14-28)41-23-7-22-40-25-30-8-3-4-12-35(30)39-2/h3-5,8-9,11-18,27,34,36-37H,6-7,10,19-26H2,1-2H3/t27?,34-,36+/m1/s1. The second-order valence-corrected chi connectivity index (χ2v) is 11.1. The van der Waals surface area contributed by atoms with Gasteiger partial charge in [0.05, 0.1) is 39.6 Å². The molecule has 1 heterocycles. The molecule has 5 rings (SSSR count). The van der Waals surface area contributed by atoms with Crippen LogP contribution in [0.4, 0.5) is 0 Å². The van der Waals surface area contributed by atoms with Gasteiger partial charge in [-0.1, -0.05) is 60.7 Å². The summed E-state index contributed by atoms with van der Waals surface area (Å²) in [5.74, 6) is 2.59. The topological polar surface area (TPSA) is 58.2 Å². The molecule has 6 nitrogen and oxygen atoms in total. The average Bonchev–Trinajstić information content (AvgIpc) is 3.46. The van der Waals surface area contributed by atoms with Crippen molar-refractivity contribution in [1.82, 2.24) is 5.32 Å². The van der Waals surface area contributed by atoms with Gasteiger partial charge in [-0.2, -0.15) is 0 Å². The molecule has 3 aromatic rings. The quantitative estimate of drug-likeness (QED) is 0.189. The number of para-hydroxylation sites is 1. The van der Waals surface area contributed by atoms with E-state index in [1.165, 1.54) is 22.3 Å². The van der Waals surface area contributed by atoms with Crippen LogP contribution in [0.15, 0.2) is 72.8 Å². The number of ether oxygens (including phenoxy) is 5. The number of hydrogen-bond acceptors (Lipinski definition) is 6. The van der Waals surface area contributed by atoms with Crippen LogP contribution in [0.3, 0.4) is 0 Å². The molecule has 0 radical (unpaired) electrons. The van der Waals surface area contributed by atoms with Gasteiger partial charge in [0.25, 0.3) is 0 Å². The first-order chi connectivity index (χ1) is 20.8. The lowest BCUT2D eigenvalue weighted by atomic mass is 9.87. The van der Waals surface area contributed by atoms with E-state index in [-0.39, 0.29) is 6.10 Å². The van der Waals surface area contributed by atoms with Crippen LogP contribution >= 0.6 is 0 Å². The fourth-order valence-corrected chi connectivity index (χ4v) is 6.05. The summed E-state index contributed by atoms with van der Waals surface area (Å²) in [6.45, 7) is 5.10. The van der Waals surface area contributed by atoms with Gasteiger partial charge in [-0.15, -0.1) is 0 Å². The molecule has 2 aliphatic rings. The lowest BCUT2D eigenvalue weighted by molar-refractivity contribution is 0.0105. The molecule has 1 aliphatic carbocycles. The van der Waals surface area contributed by atoms with Gasteiger partial charge in [0.15, 0.2) is 0 Å². The second-order valence-electron chi connectivity index (χ2n) is 11.1. The molecule has 1 unspecified atom stereocenters. The zero-order chi connectivity index (χ0) is 29.0. The van der Waals surface area contributed by atoms with Crippen LogP contribution in [0.5, 0.6) is 11.5 Å². The average molecular weight is 572 g/mol. The Balaban J connectivity index is 1.08. The zero-order valence-corrected chi connectivity index (χ0v) is 25.1. The number of rotatable bonds is 16. The molecule has 0 amide bonds. The summed E-state index contributed by atoms with van der Waals surface area (Å²) in [5.41, 5.74) is 6.41. The molecule has 42 heavy (non-hydrogen) atoms. The molecule has 1 fully saturated rings. The predicted octanol–water partition coefficient (Wildman–Crippen LogP) is 6.88. The maximum Gasteiger partial charge on any atom is 0.124 e. The van der Waals surface area contributed by atoms with Crippen LogP contribution < -0.4 is 14.8 Å². The molecule has 1 saturated heterocycles. The van der Waals surface area contributed by atoms with Crippen LogP contribution in [0, 0.1) is 0 Å². The van der Waals surface area contributed by atoms with Crippen LogP contribution in [0.2, 0.25) is 0 Å². The Morgan fingerprint density at radius 1 is 0.833 bits per heavy atom. The van der Waals surface area contributed by atoms with E-state index < -0.39 is 0 Å². The third-order valence-corrected chi connectivity index (χ3v) is 8.33. The van der Waals surface area contributed by atoms with Gasteiger partial charge in [-0.3, -0.25) is 0 Å². The van der Waals surface area contributed by atoms with Gasteiger partial charge < -0.3 is 29.0 Å². The summed E-state index contributed by atoms with van der Waals surface area (Å²) in [5, 5.41) is 3.54. The fourth-order valence-electron chi connectivity index (χ4n) is 6.05. The monoisotopic (exact) mass is 571 g/mol. The van der Waals surface area contributed by atoms with Crippen LogP contribution in [-0.2, 0) is 27.4 Å². The fraction of sp³-hybridized carbons (Fsp3) is 0.444. The minimum absolute atomic E-state index is 0.129. The smallest absolute Gasteiger partial charge is 0.124 e. The minimum Gasteiger partial charge on any atom is -0.496 e. The third kappa shape index (κ3) is 8.01. The molecule has 3 aromatic carbocycles. The van der Waals surface area contributed by atoms with E-state index >= 15 is 0 Å². The second kappa shape index (κ2) is 15.9. The maximum absolute atomic E-state index is 6.60. The van der Waals surface area contributed by atoms with Gasteiger partial charge in [0, 0.05) is 44.1 Å². The third-order valence-electron chi connectivity index (χ3n) is 8.33. The van der Waals surface area contributed by atoms with Gasteiger partial charge in [-0.05, 0) is 66.3 Å². The van der Waals surface area contributed by atoms with E-state index in [4.69, 9.17) is 23.7 Å². The van der Waals surface area contributed by atoms with Gasteiger partial charge in [0.2, 0.25) is 0 Å². The Bertz CT molecular complexity index is 1270. The number of allylic oxidation sites excluding steroid dienone is 1. The van der Waals surface area contributed by atoms with Crippen molar-refractivity contribution in [3.63, 3.8) is 0 Å². The Morgan fingerprint density at radius 3 is 2.55 bits per heavy atom. The predicted molar refractivity (Wildman–Crippen MR) is 167 cm³/mol. The highest BCUT2D eigenvalue weighted by atomic mass is 16.5. The summed E-state index contributed by atoms with van der Waals surface area (Å²) in [7, 11) is 3.46. The largest absolute Gasteiger partial charge is 0.496 e. The van der Waals surface area contributed by atoms with Gasteiger partial charge in [0.1, 0.15) is 11.5 Å². The number of piperidine rings is 1. The highest BCUT2D eigenvalue weighted by Gasteiger charge is 2.28. The van der Waals surface area contributed by atoms with Crippen molar-refractivity contribution in [3.05, 3.63) is 101 Å². The molecular weight excluding hydrogens is 526 g/mol. The maximum atomic E-state index is 6.60. The number of hydrogen-bond donors (Lipinski definition) is 1. The SMILES string of the molecule is COCCCC1C=Cc2c(CO[C@H]3CNCC[C@@H]3c3ccc(OCCCOCc4ccccc4OC)cc3)cccc21. The number of fused-ring (bicyclic) bond motifs is 1. The Kier molecular flexibility index (Phi) is 11.5. The van der Waals surface area contributed by atoms with E-state index in [9.17, 15) is 0 Å². The van der Waals surface area contributed by atoms with Gasteiger partial charge >= 0.3 is 0 Å². The lowest BCUT2D eigenvalue weighted by Gasteiger charge is -2.33. The van der Waals surface area contributed by atoms with Gasteiger partial charge in [-0.25, -0.2) is 0 Å². The molecule has 0 aromatic heterocycles. The van der Waals surface area contributed by atoms with Crippen LogP contribution in [0.1, 0.15) is 65.3 Å². The molecule has 0 spiro atoms. The van der Waals surface area contributed by atoms with Crippen LogP contribution in [0.25, 0.3) is 6.08 Å². The number of benzene rings is 3. The van der Waals surface area contributed by atoms with Crippen molar-refractivity contribution in [2.75, 3.05) is 47.1 Å². The first kappa shape index (κ1) is 30.3. The minimum atomic E-state index is 0.129. The van der Waals surface area contributed by atoms with E-state index in [1.807, 2.05) is 24.3 Å². The van der Waals surface area contributed by atoms with Crippen molar-refractivity contribution < 1.29 is 23.7 Å². The Labute approximate surface area is 251 Å². The van der Waals surface area contributed by atoms with E-state index in [2.05, 4.69) is 59.9 Å². The lowest BCUT2D eigenvalue weighted by Crippen LogP contribution is -2.41. The molecular formula is C36H45NO5. The van der Waals surface area contributed by atoms with E-state index in [0.717, 1.165) is 62.4 Å². The molecule has 3 atom stereocenters. The van der Waals surface area contributed by atoms with Crippen molar-refractivity contribution in [3.8, 4) is 11.5 Å². The number of methoxy groups -OCH3 is 2. The first-order valence-electron chi connectivity index (χ1n) is 15.3. The summed E-state index contributed by atoms with van der Waals surface area (Å²) >= 11 is 0. The summed E-state index contributed by atoms with van der Waals surface area (Å²) in [6, 6.07) is 23.2. The Hall–Kier alpha value is -3.16. The van der Waals surface area contributed by atoms with E-state index in [1.54, 1.807) is 14.2 Å². The van der Waals surface area contributed by atoms with Crippen molar-refractivity contribution in [2.24, 2.45) is 0 Å². The molecule has 1 aliphatic heterocycles. The zero-order valence-electron chi connectivity index (χ0n) is 25.1. The first-order valence-corrected chi connectivity index (χ1v) is 15.3. The summed E-state index contributed by atoms with van der Waals surface area (Å²) < 4.78 is 29.1. The molecule has 0 bridgehead atoms. The summed E-state index contributed by atoms with van der Waals surface area (Å²) in [4.78, 5) is 0. The Morgan fingerprint density at radius 2 is 1.69 bits per heavy atom. The molecule has 0 saturated carbocycles. The normalized spacial score (nSPS) is 19.5. The highest BCUT2D eigenvalue weighted by molar-refractivity contribution is 5.65. The van der Waals surface area contributed by atoms with E-state index in [0.29, 0.717) is 38.3 Å².